The summed E-state index contributed by atoms with van der Waals surface area (Å²) in [5.41, 5.74) is 0. The number of carboxylic acid groups (broad SMARTS) is 1. The van der Waals surface area contributed by atoms with Gasteiger partial charge in [0.1, 0.15) is 6.61 Å². The minimum Gasteiger partial charge on any atom is -0.481 e. The van der Waals surface area contributed by atoms with Gasteiger partial charge in [0.2, 0.25) is 0 Å². The molecule has 0 aromatic rings. The van der Waals surface area contributed by atoms with Crippen molar-refractivity contribution in [3.8, 4) is 0 Å². The monoisotopic (exact) mass is 566 g/mol. The van der Waals surface area contributed by atoms with Crippen molar-refractivity contribution in [3.05, 3.63) is 0 Å². The molecule has 0 rings (SSSR count). The average molecular weight is 567 g/mol. The fourth-order valence-electron chi connectivity index (χ4n) is 3.24. The van der Waals surface area contributed by atoms with Crippen molar-refractivity contribution in [1.82, 2.24) is 0 Å². The van der Waals surface area contributed by atoms with Gasteiger partial charge in [0.05, 0.1) is 85.9 Å². The molecule has 39 heavy (non-hydrogen) atoms. The number of hydrogen-bond acceptors (Lipinski definition) is 10. The van der Waals surface area contributed by atoms with Gasteiger partial charge in [0, 0.05) is 19.4 Å². The first-order valence-corrected chi connectivity index (χ1v) is 14.6. The summed E-state index contributed by atoms with van der Waals surface area (Å²) in [4.78, 5) is 21.8. The van der Waals surface area contributed by atoms with Gasteiger partial charge in [-0.1, -0.05) is 39.0 Å². The van der Waals surface area contributed by atoms with E-state index in [0.717, 1.165) is 13.0 Å². The lowest BCUT2D eigenvalue weighted by atomic mass is 10.1. The Labute approximate surface area is 235 Å². The molecule has 0 atom stereocenters. The van der Waals surface area contributed by atoms with E-state index in [1.807, 2.05) is 0 Å². The molecule has 0 fully saturated rings. The third-order valence-corrected chi connectivity index (χ3v) is 5.39. The van der Waals surface area contributed by atoms with Gasteiger partial charge in [-0.2, -0.15) is 0 Å². The molecule has 0 aromatic heterocycles. The predicted octanol–water partition coefficient (Wildman–Crippen LogP) is 3.65. The van der Waals surface area contributed by atoms with Crippen LogP contribution in [0.5, 0.6) is 0 Å². The number of carbonyl (C=O) groups excluding carboxylic acids is 1. The van der Waals surface area contributed by atoms with E-state index in [9.17, 15) is 9.59 Å². The van der Waals surface area contributed by atoms with Gasteiger partial charge in [-0.3, -0.25) is 9.59 Å². The van der Waals surface area contributed by atoms with Crippen LogP contribution in [0, 0.1) is 0 Å². The molecular formula is C28H54O11. The molecule has 0 spiro atoms. The third-order valence-electron chi connectivity index (χ3n) is 5.39. The van der Waals surface area contributed by atoms with E-state index < -0.39 is 5.97 Å². The summed E-state index contributed by atoms with van der Waals surface area (Å²) in [5, 5.41) is 8.53. The summed E-state index contributed by atoms with van der Waals surface area (Å²) in [6.07, 6.45) is 8.91. The minimum absolute atomic E-state index is 0.0674. The summed E-state index contributed by atoms with van der Waals surface area (Å²) in [7, 11) is 0. The zero-order valence-corrected chi connectivity index (χ0v) is 24.2. The first-order chi connectivity index (χ1) is 19.2. The lowest BCUT2D eigenvalue weighted by Gasteiger charge is -2.09. The molecule has 0 bridgehead atoms. The molecule has 0 saturated carbocycles. The van der Waals surface area contributed by atoms with Gasteiger partial charge < -0.3 is 43.0 Å². The molecule has 11 heteroatoms. The van der Waals surface area contributed by atoms with Crippen molar-refractivity contribution in [2.75, 3.05) is 99.1 Å². The molecule has 11 nitrogen and oxygen atoms in total. The van der Waals surface area contributed by atoms with Crippen molar-refractivity contribution in [3.63, 3.8) is 0 Å². The molecule has 1 N–H and O–H groups in total. The maximum Gasteiger partial charge on any atom is 0.305 e. The van der Waals surface area contributed by atoms with Crippen LogP contribution in [0.15, 0.2) is 0 Å². The molecular weight excluding hydrogens is 512 g/mol. The van der Waals surface area contributed by atoms with E-state index in [0.29, 0.717) is 98.7 Å². The molecule has 0 heterocycles. The third kappa shape index (κ3) is 34.6. The van der Waals surface area contributed by atoms with Crippen molar-refractivity contribution in [2.24, 2.45) is 0 Å². The number of rotatable bonds is 33. The van der Waals surface area contributed by atoms with Crippen LogP contribution in [-0.4, -0.2) is 116 Å². The van der Waals surface area contributed by atoms with Crippen LogP contribution in [0.25, 0.3) is 0 Å². The van der Waals surface area contributed by atoms with E-state index in [2.05, 4.69) is 6.92 Å². The summed E-state index contributed by atoms with van der Waals surface area (Å²) < 4.78 is 43.1. The Morgan fingerprint density at radius 1 is 0.436 bits per heavy atom. The van der Waals surface area contributed by atoms with Gasteiger partial charge in [0.25, 0.3) is 0 Å². The summed E-state index contributed by atoms with van der Waals surface area (Å²) in [6, 6.07) is 0. The smallest absolute Gasteiger partial charge is 0.305 e. The van der Waals surface area contributed by atoms with Gasteiger partial charge in [-0.25, -0.2) is 0 Å². The normalized spacial score (nSPS) is 11.2. The Morgan fingerprint density at radius 3 is 1.23 bits per heavy atom. The predicted molar refractivity (Wildman–Crippen MR) is 146 cm³/mol. The van der Waals surface area contributed by atoms with Crippen LogP contribution in [-0.2, 0) is 47.5 Å². The van der Waals surface area contributed by atoms with E-state index in [1.165, 1.54) is 32.1 Å². The van der Waals surface area contributed by atoms with E-state index in [1.54, 1.807) is 0 Å². The average Bonchev–Trinajstić information content (AvgIpc) is 2.92. The Bertz CT molecular complexity index is 520. The first-order valence-electron chi connectivity index (χ1n) is 14.6. The van der Waals surface area contributed by atoms with E-state index in [-0.39, 0.29) is 25.4 Å². The molecule has 0 aliphatic rings. The molecule has 0 aliphatic carbocycles. The van der Waals surface area contributed by atoms with Gasteiger partial charge in [-0.15, -0.1) is 0 Å². The van der Waals surface area contributed by atoms with Crippen LogP contribution in [0.1, 0.15) is 71.1 Å². The summed E-state index contributed by atoms with van der Waals surface area (Å²) in [5.74, 6) is -1.20. The Hall–Kier alpha value is -1.34. The maximum atomic E-state index is 11.4. The zero-order chi connectivity index (χ0) is 28.5. The van der Waals surface area contributed by atoms with Crippen molar-refractivity contribution in [2.45, 2.75) is 71.1 Å². The van der Waals surface area contributed by atoms with Crippen LogP contribution >= 0.6 is 0 Å². The van der Waals surface area contributed by atoms with Crippen LogP contribution in [0.4, 0.5) is 0 Å². The second-order valence-electron chi connectivity index (χ2n) is 8.88. The van der Waals surface area contributed by atoms with Gasteiger partial charge >= 0.3 is 11.9 Å². The molecule has 0 radical (unpaired) electrons. The SMILES string of the molecule is CCCCCCCCOCCOCCOCCOCCOCCOCCOCCOC(=O)CCCCC(=O)O. The number of hydrogen-bond donors (Lipinski definition) is 1. The molecule has 232 valence electrons. The quantitative estimate of drug-likeness (QED) is 0.0923. The fourth-order valence-corrected chi connectivity index (χ4v) is 3.24. The topological polar surface area (TPSA) is 128 Å². The van der Waals surface area contributed by atoms with E-state index in [4.69, 9.17) is 43.0 Å². The number of ether oxygens (including phenoxy) is 8. The highest BCUT2D eigenvalue weighted by Gasteiger charge is 2.04. The lowest BCUT2D eigenvalue weighted by molar-refractivity contribution is -0.146. The number of aliphatic carboxylic acids is 1. The van der Waals surface area contributed by atoms with Gasteiger partial charge in [-0.05, 0) is 19.3 Å². The van der Waals surface area contributed by atoms with Gasteiger partial charge in [0.15, 0.2) is 0 Å². The highest BCUT2D eigenvalue weighted by molar-refractivity contribution is 5.69. The molecule has 0 unspecified atom stereocenters. The highest BCUT2D eigenvalue weighted by atomic mass is 16.6. The zero-order valence-electron chi connectivity index (χ0n) is 24.2. The number of esters is 1. The number of unbranched alkanes of at least 4 members (excludes halogenated alkanes) is 6. The number of carbonyl (C=O) groups is 2. The van der Waals surface area contributed by atoms with Crippen molar-refractivity contribution >= 4 is 11.9 Å². The maximum absolute atomic E-state index is 11.4. The second kappa shape index (κ2) is 32.9. The molecule has 0 aromatic carbocycles. The summed E-state index contributed by atoms with van der Waals surface area (Å²) in [6.45, 7) is 9.63. The fraction of sp³-hybridized carbons (Fsp3) is 0.929. The first kappa shape index (κ1) is 37.7. The highest BCUT2D eigenvalue weighted by Crippen LogP contribution is 2.05. The Morgan fingerprint density at radius 2 is 0.795 bits per heavy atom. The largest absolute Gasteiger partial charge is 0.481 e. The summed E-state index contributed by atoms with van der Waals surface area (Å²) >= 11 is 0. The molecule has 0 aliphatic heterocycles. The lowest BCUT2D eigenvalue weighted by Crippen LogP contribution is -2.15. The Kier molecular flexibility index (Phi) is 31.7. The standard InChI is InChI=1S/C28H54O11/c1-2-3-4-5-6-9-12-32-13-14-33-15-16-34-17-18-35-19-20-36-21-22-37-23-24-38-25-26-39-28(31)11-8-7-10-27(29)30/h2-26H2,1H3,(H,29,30). The van der Waals surface area contributed by atoms with Crippen LogP contribution in [0.2, 0.25) is 0 Å². The van der Waals surface area contributed by atoms with Crippen molar-refractivity contribution < 1.29 is 52.6 Å². The number of carboxylic acids is 1. The van der Waals surface area contributed by atoms with Crippen LogP contribution in [0.3, 0.4) is 0 Å². The second-order valence-corrected chi connectivity index (χ2v) is 8.88. The molecule has 0 amide bonds. The Balaban J connectivity index is 3.09. The van der Waals surface area contributed by atoms with Crippen molar-refractivity contribution in [1.29, 1.82) is 0 Å². The van der Waals surface area contributed by atoms with E-state index >= 15 is 0 Å². The minimum atomic E-state index is -0.857. The molecule has 0 saturated heterocycles. The van der Waals surface area contributed by atoms with Crippen LogP contribution < -0.4 is 0 Å².